The van der Waals surface area contributed by atoms with Gasteiger partial charge in [0.15, 0.2) is 0 Å². The van der Waals surface area contributed by atoms with E-state index < -0.39 is 0 Å². The zero-order valence-corrected chi connectivity index (χ0v) is 13.0. The number of aryl methyl sites for hydroxylation is 2. The lowest BCUT2D eigenvalue weighted by atomic mass is 9.70. The Morgan fingerprint density at radius 1 is 1.27 bits per heavy atom. The van der Waals surface area contributed by atoms with Crippen molar-refractivity contribution in [3.8, 4) is 5.75 Å². The molecular formula is C17H18N4O. The Hall–Kier alpha value is -2.43. The molecule has 22 heavy (non-hydrogen) atoms. The summed E-state index contributed by atoms with van der Waals surface area (Å²) in [6.07, 6.45) is 1.88. The number of nitrogens with two attached hydrogens (primary N) is 1. The van der Waals surface area contributed by atoms with Crippen LogP contribution in [0.1, 0.15) is 30.2 Å². The molecule has 0 fully saturated rings. The summed E-state index contributed by atoms with van der Waals surface area (Å²) in [5.41, 5.74) is 11.2. The van der Waals surface area contributed by atoms with Crippen molar-refractivity contribution in [1.29, 1.82) is 0 Å². The molecule has 112 valence electrons. The van der Waals surface area contributed by atoms with Gasteiger partial charge in [-0.2, -0.15) is 5.10 Å². The number of ether oxygens (including phenoxy) is 1. The highest BCUT2D eigenvalue weighted by Crippen LogP contribution is 2.42. The van der Waals surface area contributed by atoms with Crippen LogP contribution in [0.2, 0.25) is 0 Å². The van der Waals surface area contributed by atoms with Gasteiger partial charge in [0.05, 0.1) is 23.8 Å². The van der Waals surface area contributed by atoms with Crippen molar-refractivity contribution in [2.45, 2.75) is 26.7 Å². The molecule has 1 atom stereocenters. The first-order chi connectivity index (χ1) is 10.5. The van der Waals surface area contributed by atoms with Crippen LogP contribution in [0.25, 0.3) is 10.9 Å². The summed E-state index contributed by atoms with van der Waals surface area (Å²) in [4.78, 5) is 4.76. The number of pyridine rings is 1. The van der Waals surface area contributed by atoms with Gasteiger partial charge in [-0.15, -0.1) is 5.10 Å². The van der Waals surface area contributed by atoms with Crippen LogP contribution in [0.5, 0.6) is 5.75 Å². The van der Waals surface area contributed by atoms with Crippen LogP contribution in [-0.2, 0) is 6.42 Å². The number of hydrogen-bond donors (Lipinski definition) is 1. The first kappa shape index (κ1) is 13.2. The summed E-state index contributed by atoms with van der Waals surface area (Å²) in [6.45, 7) is 4.15. The summed E-state index contributed by atoms with van der Waals surface area (Å²) >= 11 is 0. The van der Waals surface area contributed by atoms with Gasteiger partial charge < -0.3 is 10.5 Å². The predicted octanol–water partition coefficient (Wildman–Crippen LogP) is 2.58. The van der Waals surface area contributed by atoms with Gasteiger partial charge in [-0.05, 0) is 44.4 Å². The smallest absolute Gasteiger partial charge is 0.134 e. The molecule has 1 aromatic carbocycles. The third-order valence-electron chi connectivity index (χ3n) is 4.94. The summed E-state index contributed by atoms with van der Waals surface area (Å²) in [6, 6.07) is 6.05. The van der Waals surface area contributed by atoms with Gasteiger partial charge in [0.2, 0.25) is 0 Å². The predicted molar refractivity (Wildman–Crippen MR) is 87.6 cm³/mol. The fourth-order valence-corrected chi connectivity index (χ4v) is 3.54. The van der Waals surface area contributed by atoms with Crippen LogP contribution in [0.4, 0.5) is 0 Å². The highest BCUT2D eigenvalue weighted by atomic mass is 16.5. The quantitative estimate of drug-likeness (QED) is 0.878. The molecular weight excluding hydrogens is 276 g/mol. The van der Waals surface area contributed by atoms with Crippen LogP contribution in [0.3, 0.4) is 0 Å². The number of aromatic nitrogens is 1. The minimum Gasteiger partial charge on any atom is -0.497 e. The third kappa shape index (κ3) is 1.56. The van der Waals surface area contributed by atoms with E-state index >= 15 is 0 Å². The molecule has 0 saturated carbocycles. The third-order valence-corrected chi connectivity index (χ3v) is 4.94. The van der Waals surface area contributed by atoms with Gasteiger partial charge in [-0.1, -0.05) is 0 Å². The van der Waals surface area contributed by atoms with E-state index in [0.29, 0.717) is 5.84 Å². The van der Waals surface area contributed by atoms with E-state index in [1.807, 2.05) is 19.1 Å². The highest BCUT2D eigenvalue weighted by Gasteiger charge is 2.44. The molecule has 0 amide bonds. The van der Waals surface area contributed by atoms with E-state index in [1.165, 1.54) is 5.56 Å². The minimum absolute atomic E-state index is 0.250. The van der Waals surface area contributed by atoms with E-state index in [1.54, 1.807) is 7.11 Å². The maximum atomic E-state index is 6.08. The number of methoxy groups -OCH3 is 1. The molecule has 0 spiro atoms. The molecule has 0 radical (unpaired) electrons. The maximum absolute atomic E-state index is 6.08. The molecule has 1 aliphatic heterocycles. The van der Waals surface area contributed by atoms with Crippen LogP contribution in [-0.4, -0.2) is 23.6 Å². The summed E-state index contributed by atoms with van der Waals surface area (Å²) in [7, 11) is 1.67. The van der Waals surface area contributed by atoms with Gasteiger partial charge in [-0.25, -0.2) is 0 Å². The molecule has 2 aliphatic rings. The Balaban J connectivity index is 2.00. The Kier molecular flexibility index (Phi) is 2.58. The van der Waals surface area contributed by atoms with Gasteiger partial charge in [-0.3, -0.25) is 4.98 Å². The van der Waals surface area contributed by atoms with Crippen molar-refractivity contribution >= 4 is 22.5 Å². The molecule has 0 saturated heterocycles. The second kappa shape index (κ2) is 4.29. The molecule has 5 heteroatoms. The lowest BCUT2D eigenvalue weighted by Gasteiger charge is -2.33. The van der Waals surface area contributed by atoms with Crippen LogP contribution in [0, 0.1) is 12.3 Å². The van der Waals surface area contributed by atoms with Crippen molar-refractivity contribution in [2.75, 3.05) is 7.11 Å². The second-order valence-electron chi connectivity index (χ2n) is 6.20. The van der Waals surface area contributed by atoms with E-state index in [2.05, 4.69) is 23.2 Å². The topological polar surface area (TPSA) is 72.9 Å². The standard InChI is InChI=1S/C17H18N4O/c1-9-14-12(6-7-17(2)15(14)20-21-16(17)18)11-5-4-10(22-3)8-13(11)19-9/h4-5,8H,6-7H2,1-3H3,(H2,18,21). The number of amidine groups is 1. The highest BCUT2D eigenvalue weighted by molar-refractivity contribution is 6.22. The molecule has 5 nitrogen and oxygen atoms in total. The second-order valence-corrected chi connectivity index (χ2v) is 6.20. The number of nitrogens with zero attached hydrogens (tertiary/aromatic N) is 3. The molecule has 2 aromatic rings. The Morgan fingerprint density at radius 2 is 2.09 bits per heavy atom. The Morgan fingerprint density at radius 3 is 2.86 bits per heavy atom. The molecule has 4 rings (SSSR count). The van der Waals surface area contributed by atoms with Gasteiger partial charge in [0.25, 0.3) is 0 Å². The number of rotatable bonds is 1. The van der Waals surface area contributed by atoms with Crippen molar-refractivity contribution in [2.24, 2.45) is 21.4 Å². The van der Waals surface area contributed by atoms with E-state index in [-0.39, 0.29) is 5.41 Å². The molecule has 0 bridgehead atoms. The van der Waals surface area contributed by atoms with Crippen LogP contribution in [0.15, 0.2) is 28.4 Å². The average Bonchev–Trinajstić information content (AvgIpc) is 2.82. The fraction of sp³-hybridized carbons (Fsp3) is 0.353. The summed E-state index contributed by atoms with van der Waals surface area (Å²) < 4.78 is 5.31. The van der Waals surface area contributed by atoms with Crippen molar-refractivity contribution in [3.05, 3.63) is 35.0 Å². The first-order valence-corrected chi connectivity index (χ1v) is 7.44. The Labute approximate surface area is 128 Å². The van der Waals surface area contributed by atoms with Gasteiger partial charge in [0, 0.05) is 22.7 Å². The summed E-state index contributed by atoms with van der Waals surface area (Å²) in [5, 5.41) is 9.67. The van der Waals surface area contributed by atoms with E-state index in [0.717, 1.165) is 46.5 Å². The van der Waals surface area contributed by atoms with E-state index in [9.17, 15) is 0 Å². The molecule has 1 unspecified atom stereocenters. The van der Waals surface area contributed by atoms with Crippen molar-refractivity contribution < 1.29 is 4.74 Å². The lowest BCUT2D eigenvalue weighted by molar-refractivity contribution is 0.415. The lowest BCUT2D eigenvalue weighted by Crippen LogP contribution is -2.42. The zero-order chi connectivity index (χ0) is 15.5. The summed E-state index contributed by atoms with van der Waals surface area (Å²) in [5.74, 6) is 1.44. The van der Waals surface area contributed by atoms with E-state index in [4.69, 9.17) is 15.5 Å². The number of benzene rings is 1. The largest absolute Gasteiger partial charge is 0.497 e. The molecule has 1 aromatic heterocycles. The van der Waals surface area contributed by atoms with Crippen molar-refractivity contribution in [1.82, 2.24) is 4.98 Å². The SMILES string of the molecule is COc1ccc2c3c(c(C)nc2c1)C1=NN=C(N)C1(C)CC3. The molecule has 2 N–H and O–H groups in total. The fourth-order valence-electron chi connectivity index (χ4n) is 3.54. The van der Waals surface area contributed by atoms with Crippen LogP contribution < -0.4 is 10.5 Å². The minimum atomic E-state index is -0.250. The molecule has 1 aliphatic carbocycles. The number of fused-ring (bicyclic) bond motifs is 5. The molecule has 2 heterocycles. The maximum Gasteiger partial charge on any atom is 0.134 e. The van der Waals surface area contributed by atoms with Gasteiger partial charge in [0.1, 0.15) is 11.6 Å². The Bertz CT molecular complexity index is 869. The monoisotopic (exact) mass is 294 g/mol. The first-order valence-electron chi connectivity index (χ1n) is 7.44. The van der Waals surface area contributed by atoms with Gasteiger partial charge >= 0.3 is 0 Å². The average molecular weight is 294 g/mol. The van der Waals surface area contributed by atoms with Crippen LogP contribution >= 0.6 is 0 Å². The van der Waals surface area contributed by atoms with Crippen molar-refractivity contribution in [3.63, 3.8) is 0 Å². The zero-order valence-electron chi connectivity index (χ0n) is 13.0. The normalized spacial score (nSPS) is 22.9. The number of hydrogen-bond acceptors (Lipinski definition) is 5.